The Hall–Kier alpha value is -4.56. The number of allylic oxidation sites excluding steroid dienone is 2. The van der Waals surface area contributed by atoms with E-state index in [2.05, 4.69) is 8.80 Å². The van der Waals surface area contributed by atoms with E-state index in [1.807, 2.05) is 0 Å². The van der Waals surface area contributed by atoms with E-state index in [1.54, 1.807) is 12.1 Å². The molecule has 12 nitrogen and oxygen atoms in total. The fraction of sp³-hybridized carbons (Fsp3) is 0. The van der Waals surface area contributed by atoms with Crippen LogP contribution in [-0.2, 0) is 20.0 Å². The highest BCUT2D eigenvalue weighted by Crippen LogP contribution is 2.25. The number of nitrogens with zero attached hydrogens (tertiary/aromatic N) is 4. The summed E-state index contributed by atoms with van der Waals surface area (Å²) in [5.74, 6) is 0. The smallest absolute Gasteiger partial charge is 0.258 e. The van der Waals surface area contributed by atoms with Gasteiger partial charge in [0.05, 0.1) is 31.1 Å². The number of hydrogen-bond donors (Lipinski definition) is 0. The van der Waals surface area contributed by atoms with Crippen LogP contribution >= 0.6 is 0 Å². The minimum absolute atomic E-state index is 0.0381. The minimum Gasteiger partial charge on any atom is -0.258 e. The molecule has 0 unspecified atom stereocenters. The van der Waals surface area contributed by atoms with Crippen molar-refractivity contribution in [2.24, 2.45) is 8.80 Å². The number of nitro benzene ring substituents is 2. The maximum absolute atomic E-state index is 12.8. The Morgan fingerprint density at radius 3 is 1.33 bits per heavy atom. The van der Waals surface area contributed by atoms with Crippen molar-refractivity contribution in [2.45, 2.75) is 9.79 Å². The van der Waals surface area contributed by atoms with Gasteiger partial charge >= 0.3 is 0 Å². The summed E-state index contributed by atoms with van der Waals surface area (Å²) < 4.78 is 59.0. The lowest BCUT2D eigenvalue weighted by Crippen LogP contribution is -2.16. The average Bonchev–Trinajstić information content (AvgIpc) is 2.85. The van der Waals surface area contributed by atoms with E-state index in [1.165, 1.54) is 48.6 Å². The van der Waals surface area contributed by atoms with E-state index in [9.17, 15) is 37.1 Å². The second-order valence-electron chi connectivity index (χ2n) is 7.29. The molecule has 0 spiro atoms. The second kappa shape index (κ2) is 9.24. The zero-order valence-electron chi connectivity index (χ0n) is 18.0. The summed E-state index contributed by atoms with van der Waals surface area (Å²) >= 11 is 0. The van der Waals surface area contributed by atoms with Crippen molar-refractivity contribution in [2.75, 3.05) is 0 Å². The Morgan fingerprint density at radius 2 is 0.972 bits per heavy atom. The van der Waals surface area contributed by atoms with Crippen LogP contribution in [0.5, 0.6) is 0 Å². The molecule has 0 amide bonds. The molecular formula is C22H14N4O8S2. The first-order chi connectivity index (χ1) is 17.0. The molecular weight excluding hydrogens is 512 g/mol. The Kier molecular flexibility index (Phi) is 6.30. The number of benzene rings is 3. The molecule has 0 saturated carbocycles. The predicted octanol–water partition coefficient (Wildman–Crippen LogP) is 3.43. The summed E-state index contributed by atoms with van der Waals surface area (Å²) in [7, 11) is -8.71. The first kappa shape index (κ1) is 24.6. The third kappa shape index (κ3) is 4.94. The number of fused-ring (bicyclic) bond motifs is 1. The second-order valence-corrected chi connectivity index (χ2v) is 10.5. The molecule has 0 fully saturated rings. The molecule has 0 saturated heterocycles. The first-order valence-electron chi connectivity index (χ1n) is 9.95. The molecule has 3 aromatic carbocycles. The van der Waals surface area contributed by atoms with Crippen molar-refractivity contribution in [1.29, 1.82) is 0 Å². The van der Waals surface area contributed by atoms with Crippen LogP contribution in [0.2, 0.25) is 0 Å². The van der Waals surface area contributed by atoms with E-state index in [4.69, 9.17) is 0 Å². The van der Waals surface area contributed by atoms with Crippen LogP contribution in [0.25, 0.3) is 0 Å². The topological polar surface area (TPSA) is 179 Å². The van der Waals surface area contributed by atoms with Crippen molar-refractivity contribution >= 4 is 42.8 Å². The van der Waals surface area contributed by atoms with Gasteiger partial charge in [0.15, 0.2) is 0 Å². The van der Waals surface area contributed by atoms with E-state index >= 15 is 0 Å². The highest BCUT2D eigenvalue weighted by molar-refractivity contribution is 7.90. The van der Waals surface area contributed by atoms with Crippen molar-refractivity contribution < 1.29 is 26.7 Å². The van der Waals surface area contributed by atoms with Gasteiger partial charge in [-0.05, 0) is 24.3 Å². The highest BCUT2D eigenvalue weighted by atomic mass is 32.2. The van der Waals surface area contributed by atoms with Crippen LogP contribution in [0.4, 0.5) is 11.4 Å². The van der Waals surface area contributed by atoms with Crippen LogP contribution in [-0.4, -0.2) is 38.1 Å². The third-order valence-electron chi connectivity index (χ3n) is 4.97. The Morgan fingerprint density at radius 1 is 0.583 bits per heavy atom. The van der Waals surface area contributed by atoms with Gasteiger partial charge in [-0.2, -0.15) is 25.6 Å². The molecule has 4 rings (SSSR count). The van der Waals surface area contributed by atoms with Gasteiger partial charge in [-0.15, -0.1) is 0 Å². The molecule has 0 aliphatic heterocycles. The fourth-order valence-corrected chi connectivity index (χ4v) is 5.39. The van der Waals surface area contributed by atoms with Gasteiger partial charge in [0, 0.05) is 35.4 Å². The van der Waals surface area contributed by atoms with Crippen LogP contribution in [0.3, 0.4) is 0 Å². The zero-order chi connectivity index (χ0) is 26.1. The quantitative estimate of drug-likeness (QED) is 0.346. The number of hydrogen-bond acceptors (Lipinski definition) is 8. The Bertz CT molecular complexity index is 1600. The maximum atomic E-state index is 12.8. The molecule has 182 valence electrons. The van der Waals surface area contributed by atoms with Crippen molar-refractivity contribution in [3.8, 4) is 0 Å². The van der Waals surface area contributed by atoms with E-state index in [-0.39, 0.29) is 32.3 Å². The molecule has 0 atom stereocenters. The molecule has 0 aromatic heterocycles. The minimum atomic E-state index is -4.36. The monoisotopic (exact) mass is 526 g/mol. The highest BCUT2D eigenvalue weighted by Gasteiger charge is 2.24. The Balaban J connectivity index is 1.78. The summed E-state index contributed by atoms with van der Waals surface area (Å²) in [6.45, 7) is 0. The Labute approximate surface area is 204 Å². The lowest BCUT2D eigenvalue weighted by molar-refractivity contribution is -0.385. The predicted molar refractivity (Wildman–Crippen MR) is 129 cm³/mol. The van der Waals surface area contributed by atoms with Gasteiger partial charge < -0.3 is 0 Å². The SMILES string of the molecule is O=[N+]([O-])c1cccc(S(=O)(=O)N=C2C=CC(=NS(=O)(=O)c3cccc([N+](=O)[O-])c3)c3ccccc32)c1. The number of rotatable bonds is 6. The molecule has 0 radical (unpaired) electrons. The number of sulfonamides is 2. The van der Waals surface area contributed by atoms with Gasteiger partial charge in [-0.1, -0.05) is 36.4 Å². The van der Waals surface area contributed by atoms with E-state index in [0.29, 0.717) is 0 Å². The van der Waals surface area contributed by atoms with Gasteiger partial charge in [-0.25, -0.2) is 0 Å². The first-order valence-corrected chi connectivity index (χ1v) is 12.8. The van der Waals surface area contributed by atoms with Crippen LogP contribution in [0.1, 0.15) is 11.1 Å². The van der Waals surface area contributed by atoms with Gasteiger partial charge in [0.2, 0.25) is 0 Å². The molecule has 14 heteroatoms. The number of nitro groups is 2. The largest absolute Gasteiger partial charge is 0.283 e. The normalized spacial score (nSPS) is 15.6. The molecule has 1 aliphatic carbocycles. The van der Waals surface area contributed by atoms with Crippen LogP contribution in [0, 0.1) is 20.2 Å². The summed E-state index contributed by atoms with van der Waals surface area (Å²) in [5, 5.41) is 22.0. The lowest BCUT2D eigenvalue weighted by atomic mass is 9.94. The van der Waals surface area contributed by atoms with Gasteiger partial charge in [-0.3, -0.25) is 20.2 Å². The number of non-ortho nitro benzene ring substituents is 2. The third-order valence-corrected chi connectivity index (χ3v) is 7.54. The summed E-state index contributed by atoms with van der Waals surface area (Å²) in [6.07, 6.45) is 2.50. The van der Waals surface area contributed by atoms with Crippen molar-refractivity contribution in [3.63, 3.8) is 0 Å². The van der Waals surface area contributed by atoms with Crippen LogP contribution < -0.4 is 0 Å². The van der Waals surface area contributed by atoms with Crippen molar-refractivity contribution in [3.05, 3.63) is 116 Å². The fourth-order valence-electron chi connectivity index (χ4n) is 3.31. The molecule has 0 heterocycles. The standard InChI is InChI=1S/C22H14N4O8S2/c27-25(28)15-5-3-7-17(13-15)35(31,32)23-21-11-12-22(20-10-2-1-9-19(20)21)24-36(33,34)18-8-4-6-16(14-18)26(29)30/h1-14H. The molecule has 0 N–H and O–H groups in total. The van der Waals surface area contributed by atoms with Crippen LogP contribution in [0.15, 0.2) is 104 Å². The summed E-state index contributed by atoms with van der Waals surface area (Å²) in [6, 6.07) is 15.0. The molecule has 0 bridgehead atoms. The average molecular weight is 527 g/mol. The maximum Gasteiger partial charge on any atom is 0.283 e. The van der Waals surface area contributed by atoms with Crippen molar-refractivity contribution in [1.82, 2.24) is 0 Å². The van der Waals surface area contributed by atoms with Gasteiger partial charge in [0.1, 0.15) is 0 Å². The van der Waals surface area contributed by atoms with E-state index < -0.39 is 41.3 Å². The van der Waals surface area contributed by atoms with Gasteiger partial charge in [0.25, 0.3) is 31.4 Å². The van der Waals surface area contributed by atoms with E-state index in [0.717, 1.165) is 24.3 Å². The summed E-state index contributed by atoms with van der Waals surface area (Å²) in [5.41, 5.74) is -0.412. The lowest BCUT2D eigenvalue weighted by Gasteiger charge is -2.15. The molecule has 1 aliphatic rings. The zero-order valence-corrected chi connectivity index (χ0v) is 19.6. The summed E-state index contributed by atoms with van der Waals surface area (Å²) in [4.78, 5) is 19.8. The molecule has 36 heavy (non-hydrogen) atoms. The molecule has 3 aromatic rings.